The third-order valence-electron chi connectivity index (χ3n) is 1.26. The van der Waals surface area contributed by atoms with Gasteiger partial charge in [0.25, 0.3) is 0 Å². The van der Waals surface area contributed by atoms with Crippen molar-refractivity contribution in [2.45, 2.75) is 0 Å². The Balaban J connectivity index is 4.44. The zero-order valence-corrected chi connectivity index (χ0v) is 9.05. The molecule has 0 aliphatic heterocycles. The van der Waals surface area contributed by atoms with E-state index >= 15 is 0 Å². The number of nitrogens with zero attached hydrogens (tertiary/aromatic N) is 1. The van der Waals surface area contributed by atoms with Gasteiger partial charge in [0.2, 0.25) is 0 Å². The SMILES string of the molecule is C=CN=CC(=C)C(=C)/C=C(/Br)C=C. The highest BCUT2D eigenvalue weighted by atomic mass is 79.9. The van der Waals surface area contributed by atoms with Gasteiger partial charge in [-0.15, -0.1) is 0 Å². The van der Waals surface area contributed by atoms with Crippen molar-refractivity contribution < 1.29 is 0 Å². The highest BCUT2D eigenvalue weighted by Crippen LogP contribution is 2.13. The van der Waals surface area contributed by atoms with E-state index in [0.717, 1.165) is 15.6 Å². The first kappa shape index (κ1) is 11.8. The van der Waals surface area contributed by atoms with Gasteiger partial charge in [0.15, 0.2) is 0 Å². The summed E-state index contributed by atoms with van der Waals surface area (Å²) in [4.78, 5) is 3.83. The Kier molecular flexibility index (Phi) is 5.81. The molecule has 13 heavy (non-hydrogen) atoms. The molecule has 0 atom stereocenters. The average Bonchev–Trinajstić information content (AvgIpc) is 2.13. The van der Waals surface area contributed by atoms with Crippen molar-refractivity contribution in [2.24, 2.45) is 4.99 Å². The summed E-state index contributed by atoms with van der Waals surface area (Å²) in [7, 11) is 0. The maximum Gasteiger partial charge on any atom is 0.0339 e. The van der Waals surface area contributed by atoms with Gasteiger partial charge >= 0.3 is 0 Å². The van der Waals surface area contributed by atoms with Crippen molar-refractivity contribution in [2.75, 3.05) is 0 Å². The van der Waals surface area contributed by atoms with E-state index in [-0.39, 0.29) is 0 Å². The Morgan fingerprint density at radius 2 is 1.77 bits per heavy atom. The normalized spacial score (nSPS) is 11.3. The standard InChI is InChI=1S/C11H12BrN/c1-5-11(12)7-9(3)10(4)8-13-6-2/h5-8H,1-4H2/b11-7+,13-8?. The van der Waals surface area contributed by atoms with Gasteiger partial charge in [0.1, 0.15) is 0 Å². The highest BCUT2D eigenvalue weighted by molar-refractivity contribution is 9.11. The Hall–Kier alpha value is -1.15. The zero-order chi connectivity index (χ0) is 10.3. The summed E-state index contributed by atoms with van der Waals surface area (Å²) in [6, 6.07) is 0. The molecule has 0 N–H and O–H groups in total. The molecular formula is C11H12BrN. The molecule has 0 unspecified atom stereocenters. The summed E-state index contributed by atoms with van der Waals surface area (Å²) >= 11 is 3.29. The van der Waals surface area contributed by atoms with Crippen molar-refractivity contribution in [1.82, 2.24) is 0 Å². The lowest BCUT2D eigenvalue weighted by atomic mass is 10.1. The molecule has 0 saturated carbocycles. The first-order chi connectivity index (χ1) is 6.11. The maximum absolute atomic E-state index is 3.83. The van der Waals surface area contributed by atoms with E-state index in [4.69, 9.17) is 0 Å². The number of aliphatic imine (C=N–C) groups is 1. The van der Waals surface area contributed by atoms with Crippen LogP contribution in [0.25, 0.3) is 0 Å². The van der Waals surface area contributed by atoms with Gasteiger partial charge in [-0.05, 0) is 17.2 Å². The van der Waals surface area contributed by atoms with Crippen LogP contribution in [0.1, 0.15) is 0 Å². The molecule has 0 amide bonds. The highest BCUT2D eigenvalue weighted by Gasteiger charge is 1.93. The van der Waals surface area contributed by atoms with Crippen LogP contribution in [0.15, 0.2) is 65.3 Å². The van der Waals surface area contributed by atoms with Crippen LogP contribution in [0.4, 0.5) is 0 Å². The Morgan fingerprint density at radius 1 is 1.15 bits per heavy atom. The van der Waals surface area contributed by atoms with Crippen LogP contribution in [-0.4, -0.2) is 6.21 Å². The average molecular weight is 238 g/mol. The molecule has 68 valence electrons. The van der Waals surface area contributed by atoms with E-state index < -0.39 is 0 Å². The lowest BCUT2D eigenvalue weighted by molar-refractivity contribution is 1.58. The molecule has 0 radical (unpaired) electrons. The van der Waals surface area contributed by atoms with Crippen LogP contribution >= 0.6 is 15.9 Å². The molecule has 0 aromatic rings. The van der Waals surface area contributed by atoms with Crippen molar-refractivity contribution >= 4 is 22.1 Å². The molecule has 0 heterocycles. The third-order valence-corrected chi connectivity index (χ3v) is 1.81. The summed E-state index contributed by atoms with van der Waals surface area (Å²) in [6.07, 6.45) is 6.56. The molecule has 0 aliphatic rings. The lowest BCUT2D eigenvalue weighted by Crippen LogP contribution is -1.84. The summed E-state index contributed by atoms with van der Waals surface area (Å²) in [5.74, 6) is 0. The quantitative estimate of drug-likeness (QED) is 0.510. The van der Waals surface area contributed by atoms with Gasteiger partial charge in [0.05, 0.1) is 0 Å². The Labute approximate surface area is 87.7 Å². The van der Waals surface area contributed by atoms with E-state index in [9.17, 15) is 0 Å². The molecule has 0 spiro atoms. The zero-order valence-electron chi connectivity index (χ0n) is 7.46. The molecule has 0 bridgehead atoms. The molecule has 0 rings (SSSR count). The predicted octanol–water partition coefficient (Wildman–Crippen LogP) is 3.78. The van der Waals surface area contributed by atoms with Crippen LogP contribution in [0.2, 0.25) is 0 Å². The second-order valence-corrected chi connectivity index (χ2v) is 3.16. The van der Waals surface area contributed by atoms with E-state index in [1.165, 1.54) is 6.20 Å². The molecule has 0 saturated heterocycles. The molecular weight excluding hydrogens is 226 g/mol. The van der Waals surface area contributed by atoms with Gasteiger partial charge in [-0.25, -0.2) is 0 Å². The minimum atomic E-state index is 0.749. The smallest absolute Gasteiger partial charge is 0.0339 e. The summed E-state index contributed by atoms with van der Waals surface area (Å²) in [5.41, 5.74) is 1.54. The van der Waals surface area contributed by atoms with Gasteiger partial charge in [0, 0.05) is 16.9 Å². The van der Waals surface area contributed by atoms with E-state index in [0.29, 0.717) is 0 Å². The second kappa shape index (κ2) is 6.38. The Bertz CT molecular complexity index is 295. The van der Waals surface area contributed by atoms with Gasteiger partial charge in [-0.3, -0.25) is 4.99 Å². The Morgan fingerprint density at radius 3 is 2.23 bits per heavy atom. The number of rotatable bonds is 5. The largest absolute Gasteiger partial charge is 0.265 e. The first-order valence-corrected chi connectivity index (χ1v) is 4.43. The second-order valence-electron chi connectivity index (χ2n) is 2.24. The number of hydrogen-bond donors (Lipinski definition) is 0. The summed E-state index contributed by atoms with van der Waals surface area (Å²) in [6.45, 7) is 14.7. The van der Waals surface area contributed by atoms with E-state index in [1.54, 1.807) is 12.3 Å². The number of halogens is 1. The van der Waals surface area contributed by atoms with Crippen molar-refractivity contribution in [3.63, 3.8) is 0 Å². The monoisotopic (exact) mass is 237 g/mol. The van der Waals surface area contributed by atoms with Crippen LogP contribution < -0.4 is 0 Å². The molecule has 0 aromatic carbocycles. The molecule has 2 heteroatoms. The van der Waals surface area contributed by atoms with Crippen LogP contribution in [0, 0.1) is 0 Å². The lowest BCUT2D eigenvalue weighted by Gasteiger charge is -1.97. The molecule has 0 aromatic heterocycles. The maximum atomic E-state index is 3.83. The fourth-order valence-electron chi connectivity index (χ4n) is 0.544. The minimum absolute atomic E-state index is 0.749. The first-order valence-electron chi connectivity index (χ1n) is 3.63. The van der Waals surface area contributed by atoms with Crippen LogP contribution in [0.5, 0.6) is 0 Å². The summed E-state index contributed by atoms with van der Waals surface area (Å²) in [5, 5.41) is 0. The molecule has 1 nitrogen and oxygen atoms in total. The van der Waals surface area contributed by atoms with Crippen molar-refractivity contribution in [3.05, 3.63) is 60.3 Å². The fraction of sp³-hybridized carbons (Fsp3) is 0. The number of hydrogen-bond acceptors (Lipinski definition) is 1. The van der Waals surface area contributed by atoms with Gasteiger partial charge < -0.3 is 0 Å². The van der Waals surface area contributed by atoms with Crippen LogP contribution in [0.3, 0.4) is 0 Å². The van der Waals surface area contributed by atoms with Gasteiger partial charge in [-0.1, -0.05) is 48.3 Å². The van der Waals surface area contributed by atoms with Crippen molar-refractivity contribution in [1.29, 1.82) is 0 Å². The molecule has 0 fully saturated rings. The van der Waals surface area contributed by atoms with E-state index in [1.807, 2.05) is 6.08 Å². The molecule has 0 aliphatic carbocycles. The topological polar surface area (TPSA) is 12.4 Å². The van der Waals surface area contributed by atoms with Crippen molar-refractivity contribution in [3.8, 4) is 0 Å². The van der Waals surface area contributed by atoms with Crippen LogP contribution in [-0.2, 0) is 0 Å². The predicted molar refractivity (Wildman–Crippen MR) is 64.2 cm³/mol. The summed E-state index contributed by atoms with van der Waals surface area (Å²) < 4.78 is 0.866. The number of allylic oxidation sites excluding steroid dienone is 5. The van der Waals surface area contributed by atoms with Gasteiger partial charge in [-0.2, -0.15) is 0 Å². The fourth-order valence-corrected chi connectivity index (χ4v) is 0.820. The van der Waals surface area contributed by atoms with E-state index in [2.05, 4.69) is 47.2 Å². The third kappa shape index (κ3) is 5.15. The minimum Gasteiger partial charge on any atom is -0.265 e.